The first kappa shape index (κ1) is 23.4. The normalized spacial score (nSPS) is 18.2. The van der Waals surface area contributed by atoms with Crippen molar-refractivity contribution in [3.8, 4) is 0 Å². The van der Waals surface area contributed by atoms with Gasteiger partial charge in [-0.3, -0.25) is 24.0 Å². The van der Waals surface area contributed by atoms with Crippen molar-refractivity contribution in [2.75, 3.05) is 20.1 Å². The third-order valence-corrected chi connectivity index (χ3v) is 4.57. The molecular weight excluding hydrogens is 366 g/mol. The molecule has 5 amide bonds. The fourth-order valence-corrected chi connectivity index (χ4v) is 3.07. The summed E-state index contributed by atoms with van der Waals surface area (Å²) in [6.45, 7) is 6.64. The molecule has 0 aromatic heterocycles. The number of nitrogens with one attached hydrogen (secondary N) is 4. The van der Waals surface area contributed by atoms with Gasteiger partial charge in [-0.15, -0.1) is 0 Å². The molecule has 0 saturated carbocycles. The lowest BCUT2D eigenvalue weighted by molar-refractivity contribution is -0.142. The van der Waals surface area contributed by atoms with E-state index in [9.17, 15) is 24.0 Å². The van der Waals surface area contributed by atoms with Crippen molar-refractivity contribution < 1.29 is 24.0 Å². The van der Waals surface area contributed by atoms with Crippen molar-refractivity contribution in [1.29, 1.82) is 0 Å². The molecule has 1 saturated heterocycles. The average molecular weight is 397 g/mol. The van der Waals surface area contributed by atoms with Crippen LogP contribution < -0.4 is 21.3 Å². The highest BCUT2D eigenvalue weighted by atomic mass is 16.2. The molecule has 0 aromatic carbocycles. The maximum absolute atomic E-state index is 12.8. The minimum absolute atomic E-state index is 0.127. The topological polar surface area (TPSA) is 137 Å². The van der Waals surface area contributed by atoms with Crippen LogP contribution in [0.25, 0.3) is 0 Å². The molecule has 1 aliphatic heterocycles. The summed E-state index contributed by atoms with van der Waals surface area (Å²) >= 11 is 0. The van der Waals surface area contributed by atoms with Gasteiger partial charge in [-0.25, -0.2) is 0 Å². The van der Waals surface area contributed by atoms with Crippen molar-refractivity contribution in [3.05, 3.63) is 0 Å². The van der Waals surface area contributed by atoms with Crippen LogP contribution in [0.15, 0.2) is 0 Å². The lowest BCUT2D eigenvalue weighted by atomic mass is 10.0. The smallest absolute Gasteiger partial charge is 0.246 e. The fraction of sp³-hybridized carbons (Fsp3) is 0.722. The molecule has 10 heteroatoms. The zero-order valence-electron chi connectivity index (χ0n) is 17.1. The van der Waals surface area contributed by atoms with Gasteiger partial charge in [-0.05, 0) is 25.7 Å². The van der Waals surface area contributed by atoms with Crippen LogP contribution in [0.5, 0.6) is 0 Å². The number of carbonyl (C=O) groups is 5. The van der Waals surface area contributed by atoms with Gasteiger partial charge in [0.05, 0.1) is 6.54 Å². The first-order chi connectivity index (χ1) is 13.1. The molecule has 158 valence electrons. The maximum atomic E-state index is 12.8. The predicted octanol–water partition coefficient (Wildman–Crippen LogP) is -1.49. The zero-order valence-corrected chi connectivity index (χ0v) is 17.1. The molecule has 0 bridgehead atoms. The molecule has 28 heavy (non-hydrogen) atoms. The minimum atomic E-state index is -0.719. The molecule has 1 heterocycles. The SMILES string of the molecule is CNC(=O)[C@H](C)NC(=O)CNC(=O)[C@H]1CCCN1C(=O)[C@@H](NC(C)=O)C(C)C. The molecule has 0 radical (unpaired) electrons. The second-order valence-corrected chi connectivity index (χ2v) is 7.23. The second kappa shape index (κ2) is 10.6. The molecule has 0 spiro atoms. The van der Waals surface area contributed by atoms with Crippen molar-refractivity contribution >= 4 is 29.5 Å². The molecule has 1 fully saturated rings. The molecular formula is C18H31N5O5. The van der Waals surface area contributed by atoms with Gasteiger partial charge in [0.15, 0.2) is 0 Å². The van der Waals surface area contributed by atoms with E-state index in [0.717, 1.165) is 0 Å². The lowest BCUT2D eigenvalue weighted by Gasteiger charge is -2.30. The molecule has 0 aromatic rings. The Balaban J connectivity index is 2.66. The Kier molecular flexibility index (Phi) is 8.87. The van der Waals surface area contributed by atoms with Crippen LogP contribution in [0.1, 0.15) is 40.5 Å². The molecule has 3 atom stereocenters. The van der Waals surface area contributed by atoms with Gasteiger partial charge < -0.3 is 26.2 Å². The third-order valence-electron chi connectivity index (χ3n) is 4.57. The Morgan fingerprint density at radius 2 is 1.71 bits per heavy atom. The zero-order chi connectivity index (χ0) is 21.4. The molecule has 0 unspecified atom stereocenters. The van der Waals surface area contributed by atoms with E-state index in [2.05, 4.69) is 21.3 Å². The summed E-state index contributed by atoms with van der Waals surface area (Å²) in [5, 5.41) is 10.0. The molecule has 1 rings (SSSR count). The number of likely N-dealkylation sites (tertiary alicyclic amines) is 1. The van der Waals surface area contributed by atoms with Crippen LogP contribution in [-0.4, -0.2) is 72.7 Å². The standard InChI is InChI=1S/C18H31N5O5/c1-10(2)15(22-12(4)24)18(28)23-8-6-7-13(23)17(27)20-9-14(25)21-11(3)16(26)19-5/h10-11,13,15H,6-9H2,1-5H3,(H,19,26)(H,20,27)(H,21,25)(H,22,24)/t11-,13+,15-/m0/s1. The predicted molar refractivity (Wildman–Crippen MR) is 102 cm³/mol. The van der Waals surface area contributed by atoms with Crippen molar-refractivity contribution in [1.82, 2.24) is 26.2 Å². The highest BCUT2D eigenvalue weighted by Gasteiger charge is 2.38. The first-order valence-electron chi connectivity index (χ1n) is 9.44. The van der Waals surface area contributed by atoms with Crippen LogP contribution in [0.2, 0.25) is 0 Å². The number of hydrogen-bond acceptors (Lipinski definition) is 5. The fourth-order valence-electron chi connectivity index (χ4n) is 3.07. The van der Waals surface area contributed by atoms with Crippen LogP contribution in [-0.2, 0) is 24.0 Å². The summed E-state index contributed by atoms with van der Waals surface area (Å²) in [6.07, 6.45) is 1.15. The second-order valence-electron chi connectivity index (χ2n) is 7.23. The van der Waals surface area contributed by atoms with Gasteiger partial charge in [0.1, 0.15) is 18.1 Å². The number of carbonyl (C=O) groups excluding carboxylic acids is 5. The maximum Gasteiger partial charge on any atom is 0.246 e. The summed E-state index contributed by atoms with van der Waals surface area (Å²) in [7, 11) is 1.46. The Morgan fingerprint density at radius 1 is 1.07 bits per heavy atom. The van der Waals surface area contributed by atoms with E-state index in [1.54, 1.807) is 0 Å². The number of likely N-dealkylation sites (N-methyl/N-ethyl adjacent to an activating group) is 1. The number of hydrogen-bond donors (Lipinski definition) is 4. The lowest BCUT2D eigenvalue weighted by Crippen LogP contribution is -2.55. The highest BCUT2D eigenvalue weighted by Crippen LogP contribution is 2.20. The van der Waals surface area contributed by atoms with Gasteiger partial charge in [0.2, 0.25) is 29.5 Å². The van der Waals surface area contributed by atoms with E-state index in [0.29, 0.717) is 19.4 Å². The van der Waals surface area contributed by atoms with Gasteiger partial charge in [0, 0.05) is 20.5 Å². The van der Waals surface area contributed by atoms with E-state index in [4.69, 9.17) is 0 Å². The average Bonchev–Trinajstić information content (AvgIpc) is 3.12. The summed E-state index contributed by atoms with van der Waals surface area (Å²) in [4.78, 5) is 61.5. The van der Waals surface area contributed by atoms with Crippen LogP contribution >= 0.6 is 0 Å². The van der Waals surface area contributed by atoms with Crippen molar-refractivity contribution in [3.63, 3.8) is 0 Å². The van der Waals surface area contributed by atoms with Gasteiger partial charge >= 0.3 is 0 Å². The highest BCUT2D eigenvalue weighted by molar-refractivity contribution is 5.94. The van der Waals surface area contributed by atoms with Crippen LogP contribution in [0, 0.1) is 5.92 Å². The number of amides is 5. The molecule has 4 N–H and O–H groups in total. The van der Waals surface area contributed by atoms with E-state index < -0.39 is 29.9 Å². The number of rotatable bonds is 8. The summed E-state index contributed by atoms with van der Waals surface area (Å²) < 4.78 is 0. The van der Waals surface area contributed by atoms with Crippen LogP contribution in [0.4, 0.5) is 0 Å². The molecule has 0 aliphatic carbocycles. The monoisotopic (exact) mass is 397 g/mol. The quantitative estimate of drug-likeness (QED) is 0.395. The summed E-state index contributed by atoms with van der Waals surface area (Å²) in [5.41, 5.74) is 0. The van der Waals surface area contributed by atoms with Gasteiger partial charge in [-0.1, -0.05) is 13.8 Å². The van der Waals surface area contributed by atoms with Crippen molar-refractivity contribution in [2.24, 2.45) is 5.92 Å². The van der Waals surface area contributed by atoms with Gasteiger partial charge in [0.25, 0.3) is 0 Å². The minimum Gasteiger partial charge on any atom is -0.357 e. The van der Waals surface area contributed by atoms with Crippen molar-refractivity contribution in [2.45, 2.75) is 58.7 Å². The number of nitrogens with zero attached hydrogens (tertiary/aromatic N) is 1. The van der Waals surface area contributed by atoms with E-state index in [1.807, 2.05) is 13.8 Å². The summed E-state index contributed by atoms with van der Waals surface area (Å²) in [5.74, 6) is -2.02. The Hall–Kier alpha value is -2.65. The van der Waals surface area contributed by atoms with Gasteiger partial charge in [-0.2, -0.15) is 0 Å². The third kappa shape index (κ3) is 6.50. The largest absolute Gasteiger partial charge is 0.357 e. The Morgan fingerprint density at radius 3 is 2.25 bits per heavy atom. The molecule has 1 aliphatic rings. The summed E-state index contributed by atoms with van der Waals surface area (Å²) in [6, 6.07) is -2.11. The Labute approximate surface area is 165 Å². The molecule has 10 nitrogen and oxygen atoms in total. The van der Waals surface area contributed by atoms with E-state index >= 15 is 0 Å². The first-order valence-corrected chi connectivity index (χ1v) is 9.44. The van der Waals surface area contributed by atoms with Crippen LogP contribution in [0.3, 0.4) is 0 Å². The van der Waals surface area contributed by atoms with E-state index in [-0.39, 0.29) is 30.2 Å². The Bertz CT molecular complexity index is 621. The van der Waals surface area contributed by atoms with E-state index in [1.165, 1.54) is 25.8 Å².